The van der Waals surface area contributed by atoms with Gasteiger partial charge in [0.05, 0.1) is 0 Å². The van der Waals surface area contributed by atoms with Gasteiger partial charge < -0.3 is 20.1 Å². The summed E-state index contributed by atoms with van der Waals surface area (Å²) in [5, 5.41) is 5.73. The molecule has 1 saturated carbocycles. The predicted molar refractivity (Wildman–Crippen MR) is 99.2 cm³/mol. The summed E-state index contributed by atoms with van der Waals surface area (Å²) in [5.74, 6) is 0.867. The fourth-order valence-electron chi connectivity index (χ4n) is 3.23. The van der Waals surface area contributed by atoms with Crippen LogP contribution < -0.4 is 20.1 Å². The Hall–Kier alpha value is -2.24. The summed E-state index contributed by atoms with van der Waals surface area (Å²) in [7, 11) is 0. The molecule has 2 N–H and O–H groups in total. The number of amides is 2. The van der Waals surface area contributed by atoms with E-state index in [1.54, 1.807) is 0 Å². The highest BCUT2D eigenvalue weighted by atomic mass is 16.7. The molecule has 1 aromatic carbocycles. The van der Waals surface area contributed by atoms with Crippen molar-refractivity contribution < 1.29 is 19.1 Å². The van der Waals surface area contributed by atoms with E-state index in [0.717, 1.165) is 31.4 Å². The van der Waals surface area contributed by atoms with E-state index < -0.39 is 11.2 Å². The van der Waals surface area contributed by atoms with E-state index in [0.29, 0.717) is 30.8 Å². The Labute approximate surface area is 154 Å². The molecule has 0 radical (unpaired) electrons. The lowest BCUT2D eigenvalue weighted by Crippen LogP contribution is -2.35. The first-order valence-corrected chi connectivity index (χ1v) is 9.38. The molecule has 0 saturated heterocycles. The van der Waals surface area contributed by atoms with E-state index in [9.17, 15) is 9.59 Å². The van der Waals surface area contributed by atoms with Crippen LogP contribution in [0.4, 0.5) is 5.69 Å². The van der Waals surface area contributed by atoms with Crippen molar-refractivity contribution in [2.45, 2.75) is 65.1 Å². The summed E-state index contributed by atoms with van der Waals surface area (Å²) >= 11 is 0. The summed E-state index contributed by atoms with van der Waals surface area (Å²) in [6.07, 6.45) is 4.99. The molecule has 26 heavy (non-hydrogen) atoms. The summed E-state index contributed by atoms with van der Waals surface area (Å²) in [4.78, 5) is 23.9. The number of carbonyl (C=O) groups excluding carboxylic acids is 2. The number of rotatable bonds is 5. The highest BCUT2D eigenvalue weighted by Gasteiger charge is 2.44. The largest absolute Gasteiger partial charge is 0.448 e. The number of benzene rings is 1. The molecule has 6 nitrogen and oxygen atoms in total. The minimum absolute atomic E-state index is 0.00507. The average molecular weight is 360 g/mol. The van der Waals surface area contributed by atoms with Gasteiger partial charge in [0, 0.05) is 43.0 Å². The van der Waals surface area contributed by atoms with Gasteiger partial charge >= 0.3 is 0 Å². The molecule has 0 aromatic heterocycles. The lowest BCUT2D eigenvalue weighted by Gasteiger charge is -2.21. The monoisotopic (exact) mass is 360 g/mol. The zero-order chi connectivity index (χ0) is 18.8. The number of hydrogen-bond acceptors (Lipinski definition) is 4. The van der Waals surface area contributed by atoms with E-state index in [1.165, 1.54) is 0 Å². The molecule has 1 fully saturated rings. The fraction of sp³-hybridized carbons (Fsp3) is 0.600. The second-order valence-electron chi connectivity index (χ2n) is 8.14. The molecular formula is C20H28N2O4. The second-order valence-corrected chi connectivity index (χ2v) is 8.14. The number of ether oxygens (including phenoxy) is 2. The number of hydrogen-bond donors (Lipinski definition) is 2. The van der Waals surface area contributed by atoms with Crippen molar-refractivity contribution in [3.05, 3.63) is 18.2 Å². The van der Waals surface area contributed by atoms with Crippen LogP contribution >= 0.6 is 0 Å². The molecule has 6 heteroatoms. The third kappa shape index (κ3) is 4.29. The molecule has 2 aliphatic rings. The fourth-order valence-corrected chi connectivity index (χ4v) is 3.23. The third-order valence-corrected chi connectivity index (χ3v) is 4.73. The maximum Gasteiger partial charge on any atom is 0.251 e. The Morgan fingerprint density at radius 3 is 2.50 bits per heavy atom. The number of carbonyl (C=O) groups is 2. The molecule has 142 valence electrons. The first kappa shape index (κ1) is 18.5. The van der Waals surface area contributed by atoms with Gasteiger partial charge in [0.15, 0.2) is 11.5 Å². The maximum absolute atomic E-state index is 12.1. The zero-order valence-corrected chi connectivity index (χ0v) is 15.8. The van der Waals surface area contributed by atoms with Gasteiger partial charge in [-0.1, -0.05) is 20.8 Å². The molecule has 0 bridgehead atoms. The third-order valence-electron chi connectivity index (χ3n) is 4.73. The van der Waals surface area contributed by atoms with Crippen LogP contribution in [-0.2, 0) is 9.59 Å². The highest BCUT2D eigenvalue weighted by molar-refractivity contribution is 5.91. The highest BCUT2D eigenvalue weighted by Crippen LogP contribution is 2.47. The molecular weight excluding hydrogens is 332 g/mol. The van der Waals surface area contributed by atoms with Crippen LogP contribution in [0.5, 0.6) is 11.5 Å². The normalized spacial score (nSPS) is 17.3. The molecule has 1 aromatic rings. The van der Waals surface area contributed by atoms with Crippen LogP contribution in [0.15, 0.2) is 18.2 Å². The van der Waals surface area contributed by atoms with Gasteiger partial charge in [0.1, 0.15) is 0 Å². The Bertz CT molecular complexity index is 688. The molecule has 3 rings (SSSR count). The topological polar surface area (TPSA) is 76.7 Å². The van der Waals surface area contributed by atoms with Crippen LogP contribution in [0.3, 0.4) is 0 Å². The van der Waals surface area contributed by atoms with Crippen molar-refractivity contribution in [3.63, 3.8) is 0 Å². The van der Waals surface area contributed by atoms with Gasteiger partial charge in [-0.25, -0.2) is 0 Å². The van der Waals surface area contributed by atoms with Gasteiger partial charge in [-0.2, -0.15) is 0 Å². The molecule has 0 atom stereocenters. The maximum atomic E-state index is 12.1. The second kappa shape index (κ2) is 7.17. The van der Waals surface area contributed by atoms with Gasteiger partial charge in [0.2, 0.25) is 11.8 Å². The van der Waals surface area contributed by atoms with E-state index in [-0.39, 0.29) is 11.8 Å². The SMILES string of the molecule is CC(C)(C)C(=O)NCCCC(=O)Nc1ccc2c(c1)OC1(CCCC1)O2. The summed E-state index contributed by atoms with van der Waals surface area (Å²) in [6.45, 7) is 6.09. The molecule has 2 amide bonds. The van der Waals surface area contributed by atoms with Crippen molar-refractivity contribution in [2.75, 3.05) is 11.9 Å². The van der Waals surface area contributed by atoms with Crippen molar-refractivity contribution >= 4 is 17.5 Å². The predicted octanol–water partition coefficient (Wildman–Crippen LogP) is 3.61. The first-order valence-electron chi connectivity index (χ1n) is 9.38. The standard InChI is InChI=1S/C20H28N2O4/c1-19(2,3)18(24)21-12-6-7-17(23)22-14-8-9-15-16(13-14)26-20(25-15)10-4-5-11-20/h8-9,13H,4-7,10-12H2,1-3H3,(H,21,24)(H,22,23). The minimum Gasteiger partial charge on any atom is -0.448 e. The van der Waals surface area contributed by atoms with Crippen LogP contribution in [0.25, 0.3) is 0 Å². The molecule has 1 spiro atoms. The van der Waals surface area contributed by atoms with Crippen molar-refractivity contribution in [1.29, 1.82) is 0 Å². The molecule has 1 aliphatic heterocycles. The summed E-state index contributed by atoms with van der Waals surface area (Å²) in [5.41, 5.74) is 0.289. The average Bonchev–Trinajstić information content (AvgIpc) is 3.16. The van der Waals surface area contributed by atoms with E-state index in [4.69, 9.17) is 9.47 Å². The van der Waals surface area contributed by atoms with Crippen molar-refractivity contribution in [3.8, 4) is 11.5 Å². The van der Waals surface area contributed by atoms with E-state index in [1.807, 2.05) is 39.0 Å². The van der Waals surface area contributed by atoms with Crippen LogP contribution in [0.2, 0.25) is 0 Å². The lowest BCUT2D eigenvalue weighted by molar-refractivity contribution is -0.128. The zero-order valence-electron chi connectivity index (χ0n) is 15.8. The number of fused-ring (bicyclic) bond motifs is 1. The quantitative estimate of drug-likeness (QED) is 0.787. The Morgan fingerprint density at radius 1 is 1.12 bits per heavy atom. The van der Waals surface area contributed by atoms with Crippen molar-refractivity contribution in [2.24, 2.45) is 5.41 Å². The van der Waals surface area contributed by atoms with Gasteiger partial charge in [-0.05, 0) is 31.4 Å². The van der Waals surface area contributed by atoms with Crippen LogP contribution in [-0.4, -0.2) is 24.1 Å². The van der Waals surface area contributed by atoms with E-state index in [2.05, 4.69) is 10.6 Å². The van der Waals surface area contributed by atoms with Gasteiger partial charge in [0.25, 0.3) is 5.79 Å². The van der Waals surface area contributed by atoms with Gasteiger partial charge in [-0.3, -0.25) is 9.59 Å². The Balaban J connectivity index is 1.45. The minimum atomic E-state index is -0.490. The molecule has 1 aliphatic carbocycles. The molecule has 1 heterocycles. The number of anilines is 1. The van der Waals surface area contributed by atoms with Crippen molar-refractivity contribution in [1.82, 2.24) is 5.32 Å². The molecule has 0 unspecified atom stereocenters. The number of nitrogens with one attached hydrogen (secondary N) is 2. The lowest BCUT2D eigenvalue weighted by atomic mass is 9.96. The van der Waals surface area contributed by atoms with Gasteiger partial charge in [-0.15, -0.1) is 0 Å². The summed E-state index contributed by atoms with van der Waals surface area (Å²) in [6, 6.07) is 5.50. The Kier molecular flexibility index (Phi) is 5.12. The first-order chi connectivity index (χ1) is 12.3. The Morgan fingerprint density at radius 2 is 1.81 bits per heavy atom. The van der Waals surface area contributed by atoms with Crippen LogP contribution in [0.1, 0.15) is 59.3 Å². The summed E-state index contributed by atoms with van der Waals surface area (Å²) < 4.78 is 12.0. The smallest absolute Gasteiger partial charge is 0.251 e. The van der Waals surface area contributed by atoms with Crippen LogP contribution in [0, 0.1) is 5.41 Å². The van der Waals surface area contributed by atoms with E-state index >= 15 is 0 Å².